The van der Waals surface area contributed by atoms with Gasteiger partial charge in [-0.25, -0.2) is 0 Å². The second-order valence-electron chi connectivity index (χ2n) is 4.41. The largest absolute Gasteiger partial charge is 0.309 e. The van der Waals surface area contributed by atoms with Crippen molar-refractivity contribution in [3.05, 3.63) is 0 Å². The quantitative estimate of drug-likeness (QED) is 0.758. The Morgan fingerprint density at radius 3 is 2.79 bits per heavy atom. The van der Waals surface area contributed by atoms with Gasteiger partial charge >= 0.3 is 0 Å². The summed E-state index contributed by atoms with van der Waals surface area (Å²) in [6.45, 7) is 2.30. The van der Waals surface area contributed by atoms with Crippen LogP contribution in [0, 0.1) is 17.2 Å². The molecule has 0 aromatic carbocycles. The number of hydrogen-bond acceptors (Lipinski definition) is 3. The second-order valence-corrected chi connectivity index (χ2v) is 5.90. The molecule has 1 saturated carbocycles. The summed E-state index contributed by atoms with van der Waals surface area (Å²) in [6, 6.07) is 3.56. The van der Waals surface area contributed by atoms with Crippen molar-refractivity contribution in [2.75, 3.05) is 5.75 Å². The zero-order valence-electron chi connectivity index (χ0n) is 8.70. The molecule has 0 aromatic heterocycles. The first-order valence-corrected chi connectivity index (χ1v) is 6.63. The molecular weight excluding hydrogens is 192 g/mol. The number of nitrogens with one attached hydrogen (secondary N) is 1. The molecule has 1 aliphatic carbocycles. The number of hydrogen-bond donors (Lipinski definition) is 1. The highest BCUT2D eigenvalue weighted by molar-refractivity contribution is 8.00. The van der Waals surface area contributed by atoms with Crippen LogP contribution >= 0.6 is 11.8 Å². The molecule has 78 valence electrons. The molecule has 14 heavy (non-hydrogen) atoms. The Kier molecular flexibility index (Phi) is 3.35. The Bertz CT molecular complexity index is 236. The molecular formula is C11H18N2S. The highest BCUT2D eigenvalue weighted by atomic mass is 32.2. The summed E-state index contributed by atoms with van der Waals surface area (Å²) in [5, 5.41) is 13.4. The summed E-state index contributed by atoms with van der Waals surface area (Å²) < 4.78 is 0. The first-order valence-electron chi connectivity index (χ1n) is 5.58. The maximum Gasteiger partial charge on any atom is 0.0672 e. The zero-order valence-corrected chi connectivity index (χ0v) is 9.52. The van der Waals surface area contributed by atoms with E-state index in [0.717, 1.165) is 11.7 Å². The third-order valence-electron chi connectivity index (χ3n) is 3.49. The first kappa shape index (κ1) is 10.3. The Morgan fingerprint density at radius 1 is 1.29 bits per heavy atom. The van der Waals surface area contributed by atoms with E-state index in [-0.39, 0.29) is 5.92 Å². The third kappa shape index (κ3) is 2.07. The van der Waals surface area contributed by atoms with Crippen molar-refractivity contribution in [2.45, 2.75) is 49.9 Å². The van der Waals surface area contributed by atoms with Crippen molar-refractivity contribution in [3.63, 3.8) is 0 Å². The SMILES string of the molecule is CC1SCCC1NC1CCCC1C#N. The molecule has 0 aromatic rings. The molecule has 1 aliphatic heterocycles. The number of rotatable bonds is 2. The predicted octanol–water partition coefficient (Wildman–Crippen LogP) is 2.16. The van der Waals surface area contributed by atoms with Crippen molar-refractivity contribution < 1.29 is 0 Å². The Morgan fingerprint density at radius 2 is 2.14 bits per heavy atom. The van der Waals surface area contributed by atoms with Crippen LogP contribution in [0.25, 0.3) is 0 Å². The summed E-state index contributed by atoms with van der Waals surface area (Å²) in [5.74, 6) is 1.55. The Hall–Kier alpha value is -0.200. The van der Waals surface area contributed by atoms with Crippen LogP contribution in [0.1, 0.15) is 32.6 Å². The van der Waals surface area contributed by atoms with Gasteiger partial charge in [0.2, 0.25) is 0 Å². The topological polar surface area (TPSA) is 35.8 Å². The van der Waals surface area contributed by atoms with Gasteiger partial charge in [0.05, 0.1) is 12.0 Å². The van der Waals surface area contributed by atoms with Crippen LogP contribution in [0.5, 0.6) is 0 Å². The summed E-state index contributed by atoms with van der Waals surface area (Å²) >= 11 is 2.05. The van der Waals surface area contributed by atoms with E-state index in [1.165, 1.54) is 25.0 Å². The van der Waals surface area contributed by atoms with E-state index in [2.05, 4.69) is 30.1 Å². The van der Waals surface area contributed by atoms with Gasteiger partial charge in [0.25, 0.3) is 0 Å². The summed E-state index contributed by atoms with van der Waals surface area (Å²) in [7, 11) is 0. The molecule has 1 N–H and O–H groups in total. The van der Waals surface area contributed by atoms with Gasteiger partial charge < -0.3 is 5.32 Å². The Labute approximate surface area is 90.4 Å². The van der Waals surface area contributed by atoms with Crippen molar-refractivity contribution in [1.29, 1.82) is 5.26 Å². The first-order chi connectivity index (χ1) is 6.81. The summed E-state index contributed by atoms with van der Waals surface area (Å²) in [4.78, 5) is 0. The minimum atomic E-state index is 0.271. The van der Waals surface area contributed by atoms with Crippen LogP contribution < -0.4 is 5.32 Å². The van der Waals surface area contributed by atoms with Gasteiger partial charge in [-0.1, -0.05) is 13.3 Å². The maximum absolute atomic E-state index is 8.98. The molecule has 2 nitrogen and oxygen atoms in total. The van der Waals surface area contributed by atoms with Crippen LogP contribution in [0.15, 0.2) is 0 Å². The van der Waals surface area contributed by atoms with Crippen LogP contribution in [0.4, 0.5) is 0 Å². The van der Waals surface area contributed by atoms with Crippen LogP contribution in [0.3, 0.4) is 0 Å². The fourth-order valence-corrected chi connectivity index (χ4v) is 3.75. The van der Waals surface area contributed by atoms with Gasteiger partial charge in [0.1, 0.15) is 0 Å². The van der Waals surface area contributed by atoms with E-state index in [0.29, 0.717) is 12.1 Å². The Balaban J connectivity index is 1.87. The smallest absolute Gasteiger partial charge is 0.0672 e. The van der Waals surface area contributed by atoms with E-state index in [4.69, 9.17) is 5.26 Å². The lowest BCUT2D eigenvalue weighted by molar-refractivity contribution is 0.394. The average Bonchev–Trinajstić information content (AvgIpc) is 2.77. The van der Waals surface area contributed by atoms with Crippen LogP contribution in [-0.2, 0) is 0 Å². The zero-order chi connectivity index (χ0) is 9.97. The summed E-state index contributed by atoms with van der Waals surface area (Å²) in [6.07, 6.45) is 4.80. The predicted molar refractivity (Wildman–Crippen MR) is 60.2 cm³/mol. The lowest BCUT2D eigenvalue weighted by Gasteiger charge is -2.23. The van der Waals surface area contributed by atoms with Crippen LogP contribution in [0.2, 0.25) is 0 Å². The van der Waals surface area contributed by atoms with Gasteiger partial charge in [-0.15, -0.1) is 0 Å². The minimum Gasteiger partial charge on any atom is -0.309 e. The molecule has 2 aliphatic rings. The van der Waals surface area contributed by atoms with Gasteiger partial charge in [-0.3, -0.25) is 0 Å². The standard InChI is InChI=1S/C11H18N2S/c1-8-10(5-6-14-8)13-11-4-2-3-9(11)7-12/h8-11,13H,2-6H2,1H3. The van der Waals surface area contributed by atoms with Gasteiger partial charge in [-0.2, -0.15) is 17.0 Å². The van der Waals surface area contributed by atoms with E-state index in [9.17, 15) is 0 Å². The van der Waals surface area contributed by atoms with Gasteiger partial charge in [-0.05, 0) is 25.0 Å². The minimum absolute atomic E-state index is 0.271. The third-order valence-corrected chi connectivity index (χ3v) is 4.81. The molecule has 1 heterocycles. The van der Waals surface area contributed by atoms with Crippen molar-refractivity contribution in [1.82, 2.24) is 5.32 Å². The van der Waals surface area contributed by atoms with Crippen molar-refractivity contribution >= 4 is 11.8 Å². The molecule has 4 unspecified atom stereocenters. The van der Waals surface area contributed by atoms with E-state index >= 15 is 0 Å². The number of nitrogens with zero attached hydrogens (tertiary/aromatic N) is 1. The molecule has 2 fully saturated rings. The number of nitriles is 1. The van der Waals surface area contributed by atoms with Crippen molar-refractivity contribution in [3.8, 4) is 6.07 Å². The maximum atomic E-state index is 8.98. The molecule has 1 saturated heterocycles. The van der Waals surface area contributed by atoms with Gasteiger partial charge in [0, 0.05) is 17.3 Å². The molecule has 0 spiro atoms. The van der Waals surface area contributed by atoms with E-state index in [1.54, 1.807) is 0 Å². The molecule has 0 radical (unpaired) electrons. The fourth-order valence-electron chi connectivity index (χ4n) is 2.54. The van der Waals surface area contributed by atoms with Gasteiger partial charge in [0.15, 0.2) is 0 Å². The van der Waals surface area contributed by atoms with Crippen LogP contribution in [-0.4, -0.2) is 23.1 Å². The highest BCUT2D eigenvalue weighted by Crippen LogP contribution is 2.30. The van der Waals surface area contributed by atoms with E-state index in [1.807, 2.05) is 0 Å². The van der Waals surface area contributed by atoms with E-state index < -0.39 is 0 Å². The lowest BCUT2D eigenvalue weighted by Crippen LogP contribution is -2.42. The lowest BCUT2D eigenvalue weighted by atomic mass is 10.0. The molecule has 2 rings (SSSR count). The molecule has 0 bridgehead atoms. The fraction of sp³-hybridized carbons (Fsp3) is 0.909. The molecule has 4 atom stereocenters. The summed E-state index contributed by atoms with van der Waals surface area (Å²) in [5.41, 5.74) is 0. The second kappa shape index (κ2) is 4.55. The highest BCUT2D eigenvalue weighted by Gasteiger charge is 2.32. The average molecular weight is 210 g/mol. The monoisotopic (exact) mass is 210 g/mol. The molecule has 3 heteroatoms. The normalized spacial score (nSPS) is 42.6. The number of thioether (sulfide) groups is 1. The van der Waals surface area contributed by atoms with Crippen molar-refractivity contribution in [2.24, 2.45) is 5.92 Å². The molecule has 0 amide bonds.